The van der Waals surface area contributed by atoms with Crippen molar-refractivity contribution >= 4 is 55.7 Å². The topological polar surface area (TPSA) is 89.0 Å². The van der Waals surface area contributed by atoms with Crippen molar-refractivity contribution in [2.45, 2.75) is 13.0 Å². The van der Waals surface area contributed by atoms with Crippen molar-refractivity contribution in [1.29, 1.82) is 0 Å². The first-order valence-electron chi connectivity index (χ1n) is 11.8. The molecule has 2 heterocycles. The molecule has 0 saturated carbocycles. The Morgan fingerprint density at radius 2 is 1.76 bits per heavy atom. The van der Waals surface area contributed by atoms with Gasteiger partial charge in [-0.15, -0.1) is 0 Å². The van der Waals surface area contributed by atoms with Gasteiger partial charge in [-0.05, 0) is 67.1 Å². The zero-order valence-corrected chi connectivity index (χ0v) is 22.0. The monoisotopic (exact) mass is 546 g/mol. The number of hydrogen-bond acceptors (Lipinski definition) is 7. The Kier molecular flexibility index (Phi) is 7.18. The van der Waals surface area contributed by atoms with Crippen LogP contribution in [0.2, 0.25) is 5.02 Å². The van der Waals surface area contributed by atoms with Gasteiger partial charge < -0.3 is 14.6 Å². The van der Waals surface area contributed by atoms with E-state index in [1.807, 2.05) is 6.92 Å². The minimum absolute atomic E-state index is 0.0313. The highest BCUT2D eigenvalue weighted by molar-refractivity contribution is 7.22. The van der Waals surface area contributed by atoms with E-state index in [1.165, 1.54) is 16.2 Å². The fraction of sp³-hybridized carbons (Fsp3) is 0.138. The number of Topliss-reactive ketones (excluding diaryl/α,β-unsaturated/α-hetero) is 1. The average Bonchev–Trinajstić information content (AvgIpc) is 3.45. The van der Waals surface area contributed by atoms with Crippen molar-refractivity contribution in [2.24, 2.45) is 0 Å². The molecule has 1 N–H and O–H groups in total. The van der Waals surface area contributed by atoms with E-state index in [4.69, 9.17) is 21.1 Å². The molecule has 1 fully saturated rings. The van der Waals surface area contributed by atoms with E-state index in [-0.39, 0.29) is 11.3 Å². The minimum Gasteiger partial charge on any atom is -0.507 e. The molecule has 0 radical (unpaired) electrons. The summed E-state index contributed by atoms with van der Waals surface area (Å²) in [5, 5.41) is 12.2. The number of thiazole rings is 1. The number of carbonyl (C=O) groups excluding carboxylic acids is 2. The molecular formula is C29H23ClN2O5S. The molecule has 0 spiro atoms. The highest BCUT2D eigenvalue weighted by Crippen LogP contribution is 2.44. The van der Waals surface area contributed by atoms with Crippen LogP contribution < -0.4 is 14.4 Å². The lowest BCUT2D eigenvalue weighted by Gasteiger charge is -2.23. The zero-order chi connectivity index (χ0) is 26.8. The van der Waals surface area contributed by atoms with Crippen molar-refractivity contribution in [3.8, 4) is 11.5 Å². The summed E-state index contributed by atoms with van der Waals surface area (Å²) >= 11 is 7.40. The summed E-state index contributed by atoms with van der Waals surface area (Å²) in [5.74, 6) is -0.628. The maximum Gasteiger partial charge on any atom is 0.301 e. The lowest BCUT2D eigenvalue weighted by Crippen LogP contribution is -2.29. The Labute approximate surface area is 228 Å². The number of nitrogens with zero attached hydrogens (tertiary/aromatic N) is 2. The third kappa shape index (κ3) is 4.76. The lowest BCUT2D eigenvalue weighted by atomic mass is 9.95. The Morgan fingerprint density at radius 3 is 2.45 bits per heavy atom. The average molecular weight is 547 g/mol. The van der Waals surface area contributed by atoms with Gasteiger partial charge >= 0.3 is 5.91 Å². The second-order valence-electron chi connectivity index (χ2n) is 8.40. The molecule has 1 unspecified atom stereocenters. The van der Waals surface area contributed by atoms with Crippen molar-refractivity contribution in [3.63, 3.8) is 0 Å². The van der Waals surface area contributed by atoms with Gasteiger partial charge in [-0.3, -0.25) is 14.5 Å². The van der Waals surface area contributed by atoms with Crippen LogP contribution in [-0.2, 0) is 9.59 Å². The number of carbonyl (C=O) groups is 2. The van der Waals surface area contributed by atoms with Crippen LogP contribution in [0.15, 0.2) is 85.0 Å². The smallest absolute Gasteiger partial charge is 0.301 e. The molecule has 3 aromatic carbocycles. The molecule has 1 aliphatic heterocycles. The van der Waals surface area contributed by atoms with Gasteiger partial charge in [0.15, 0.2) is 5.13 Å². The molecular weight excluding hydrogens is 524 g/mol. The summed E-state index contributed by atoms with van der Waals surface area (Å²) in [6, 6.07) is 18.0. The number of halogens is 1. The maximum atomic E-state index is 13.4. The van der Waals surface area contributed by atoms with E-state index in [0.29, 0.717) is 51.5 Å². The standard InChI is InChI=1S/C29H23ClN2O5S/c1-3-15-37-21-10-5-17(6-11-21)25-24(26(33)18-7-12-20(13-8-18)36-4-2)27(34)28(35)32(25)29-31-22-14-9-19(30)16-23(22)38-29/h3,5-14,16,25,33H,1,4,15H2,2H3. The molecule has 1 aliphatic rings. The summed E-state index contributed by atoms with van der Waals surface area (Å²) in [6.45, 7) is 6.36. The van der Waals surface area contributed by atoms with Crippen LogP contribution >= 0.6 is 22.9 Å². The van der Waals surface area contributed by atoms with Crippen molar-refractivity contribution < 1.29 is 24.2 Å². The van der Waals surface area contributed by atoms with Crippen LogP contribution in [0.25, 0.3) is 16.0 Å². The predicted octanol–water partition coefficient (Wildman–Crippen LogP) is 6.54. The third-order valence-corrected chi connectivity index (χ3v) is 7.24. The molecule has 1 saturated heterocycles. The van der Waals surface area contributed by atoms with Crippen LogP contribution in [0.5, 0.6) is 11.5 Å². The second kappa shape index (κ2) is 10.7. The zero-order valence-electron chi connectivity index (χ0n) is 20.4. The first kappa shape index (κ1) is 25.5. The highest BCUT2D eigenvalue weighted by atomic mass is 35.5. The Morgan fingerprint density at radius 1 is 1.08 bits per heavy atom. The summed E-state index contributed by atoms with van der Waals surface area (Å²) in [6.07, 6.45) is 1.64. The molecule has 192 valence electrons. The largest absolute Gasteiger partial charge is 0.507 e. The lowest BCUT2D eigenvalue weighted by molar-refractivity contribution is -0.132. The molecule has 0 aliphatic carbocycles. The maximum absolute atomic E-state index is 13.4. The summed E-state index contributed by atoms with van der Waals surface area (Å²) in [7, 11) is 0. The molecule has 5 rings (SSSR count). The number of ketones is 1. The number of amides is 1. The Balaban J connectivity index is 1.65. The number of benzene rings is 3. The first-order valence-corrected chi connectivity index (χ1v) is 13.0. The fourth-order valence-corrected chi connectivity index (χ4v) is 5.54. The number of anilines is 1. The molecule has 38 heavy (non-hydrogen) atoms. The molecule has 4 aromatic rings. The summed E-state index contributed by atoms with van der Waals surface area (Å²) in [5.41, 5.74) is 1.62. The van der Waals surface area contributed by atoms with Crippen molar-refractivity contribution in [3.05, 3.63) is 101 Å². The molecule has 1 aromatic heterocycles. The van der Waals surface area contributed by atoms with E-state index < -0.39 is 17.7 Å². The van der Waals surface area contributed by atoms with Gasteiger partial charge in [0.25, 0.3) is 5.78 Å². The highest BCUT2D eigenvalue weighted by Gasteiger charge is 2.48. The SMILES string of the molecule is C=CCOc1ccc(C2C(=C(O)c3ccc(OCC)cc3)C(=O)C(=O)N2c2nc3ccc(Cl)cc3s2)cc1. The van der Waals surface area contributed by atoms with E-state index in [1.54, 1.807) is 72.8 Å². The second-order valence-corrected chi connectivity index (χ2v) is 9.85. The summed E-state index contributed by atoms with van der Waals surface area (Å²) < 4.78 is 11.8. The number of ether oxygens (including phenoxy) is 2. The predicted molar refractivity (Wildman–Crippen MR) is 149 cm³/mol. The van der Waals surface area contributed by atoms with Gasteiger partial charge in [-0.25, -0.2) is 4.98 Å². The van der Waals surface area contributed by atoms with Gasteiger partial charge in [0, 0.05) is 10.6 Å². The first-order chi connectivity index (χ1) is 18.4. The van der Waals surface area contributed by atoms with Gasteiger partial charge in [0.2, 0.25) is 0 Å². The van der Waals surface area contributed by atoms with Gasteiger partial charge in [0.1, 0.15) is 23.9 Å². The third-order valence-electron chi connectivity index (χ3n) is 5.99. The number of aromatic nitrogens is 1. The normalized spacial score (nSPS) is 16.7. The molecule has 9 heteroatoms. The Bertz CT molecular complexity index is 1560. The van der Waals surface area contributed by atoms with Crippen LogP contribution in [0.3, 0.4) is 0 Å². The fourth-order valence-electron chi connectivity index (χ4n) is 4.27. The summed E-state index contributed by atoms with van der Waals surface area (Å²) in [4.78, 5) is 32.8. The quantitative estimate of drug-likeness (QED) is 0.117. The van der Waals surface area contributed by atoms with Gasteiger partial charge in [-0.2, -0.15) is 0 Å². The number of rotatable bonds is 8. The minimum atomic E-state index is -0.911. The van der Waals surface area contributed by atoms with Crippen molar-refractivity contribution in [2.75, 3.05) is 18.1 Å². The van der Waals surface area contributed by atoms with Crippen LogP contribution in [0.4, 0.5) is 5.13 Å². The number of hydrogen-bond donors (Lipinski definition) is 1. The number of aliphatic hydroxyl groups is 1. The molecule has 0 bridgehead atoms. The van der Waals surface area contributed by atoms with Gasteiger partial charge in [0.05, 0.1) is 28.4 Å². The van der Waals surface area contributed by atoms with E-state index >= 15 is 0 Å². The van der Waals surface area contributed by atoms with E-state index in [2.05, 4.69) is 11.6 Å². The Hall–Kier alpha value is -4.14. The van der Waals surface area contributed by atoms with E-state index in [0.717, 1.165) is 4.70 Å². The van der Waals surface area contributed by atoms with Crippen LogP contribution in [0, 0.1) is 0 Å². The van der Waals surface area contributed by atoms with Crippen LogP contribution in [0.1, 0.15) is 24.1 Å². The van der Waals surface area contributed by atoms with E-state index in [9.17, 15) is 14.7 Å². The molecule has 7 nitrogen and oxygen atoms in total. The number of fused-ring (bicyclic) bond motifs is 1. The molecule has 1 amide bonds. The number of aliphatic hydroxyl groups excluding tert-OH is 1. The van der Waals surface area contributed by atoms with Crippen LogP contribution in [-0.4, -0.2) is 35.0 Å². The van der Waals surface area contributed by atoms with Gasteiger partial charge in [-0.1, -0.05) is 47.7 Å². The molecule has 1 atom stereocenters. The van der Waals surface area contributed by atoms with Crippen molar-refractivity contribution in [1.82, 2.24) is 4.98 Å².